The van der Waals surface area contributed by atoms with Gasteiger partial charge in [-0.25, -0.2) is 5.01 Å². The topological polar surface area (TPSA) is 49.5 Å². The van der Waals surface area contributed by atoms with Crippen LogP contribution in [0.5, 0.6) is 0 Å². The molecule has 62 valence electrons. The van der Waals surface area contributed by atoms with Gasteiger partial charge in [0.15, 0.2) is 0 Å². The Morgan fingerprint density at radius 2 is 1.70 bits per heavy atom. The number of rotatable bonds is 0. The van der Waals surface area contributed by atoms with Crippen LogP contribution in [0.15, 0.2) is 0 Å². The number of hydrogen-bond donors (Lipinski definition) is 2. The highest BCUT2D eigenvalue weighted by atomic mass is 16.3. The monoisotopic (exact) mass is 146 g/mol. The van der Waals surface area contributed by atoms with Crippen LogP contribution in [0.2, 0.25) is 0 Å². The van der Waals surface area contributed by atoms with Crippen LogP contribution in [0.25, 0.3) is 0 Å². The Morgan fingerprint density at radius 3 is 2.00 bits per heavy atom. The molecule has 1 fully saturated rings. The molecule has 0 saturated carbocycles. The third kappa shape index (κ3) is 3.82. The van der Waals surface area contributed by atoms with Crippen molar-refractivity contribution in [3.8, 4) is 0 Å². The van der Waals surface area contributed by atoms with E-state index >= 15 is 0 Å². The van der Waals surface area contributed by atoms with E-state index in [1.807, 2.05) is 13.8 Å². The van der Waals surface area contributed by atoms with E-state index in [0.717, 1.165) is 25.9 Å². The molecule has 3 nitrogen and oxygen atoms in total. The summed E-state index contributed by atoms with van der Waals surface area (Å²) in [5, 5.41) is 10.7. The summed E-state index contributed by atoms with van der Waals surface area (Å²) in [6.07, 6.45) is 1.56. The van der Waals surface area contributed by atoms with E-state index in [9.17, 15) is 0 Å². The quantitative estimate of drug-likeness (QED) is 0.485. The van der Waals surface area contributed by atoms with E-state index in [4.69, 9.17) is 10.9 Å². The zero-order chi connectivity index (χ0) is 7.98. The second kappa shape index (κ2) is 5.65. The van der Waals surface area contributed by atoms with E-state index in [1.54, 1.807) is 5.01 Å². The Hall–Kier alpha value is -0.120. The van der Waals surface area contributed by atoms with Gasteiger partial charge >= 0.3 is 0 Å². The Balaban J connectivity index is 0.000000371. The molecule has 0 aromatic heterocycles. The first-order valence-electron chi connectivity index (χ1n) is 3.97. The molecule has 0 aliphatic carbocycles. The second-order valence-electron chi connectivity index (χ2n) is 2.27. The van der Waals surface area contributed by atoms with Crippen LogP contribution in [-0.2, 0) is 0 Å². The summed E-state index contributed by atoms with van der Waals surface area (Å²) in [6.45, 7) is 5.67. The highest BCUT2D eigenvalue weighted by Gasteiger charge is 2.12. The van der Waals surface area contributed by atoms with Crippen molar-refractivity contribution in [1.82, 2.24) is 5.01 Å². The lowest BCUT2D eigenvalue weighted by Gasteiger charge is -2.24. The van der Waals surface area contributed by atoms with Crippen molar-refractivity contribution < 1.29 is 5.11 Å². The van der Waals surface area contributed by atoms with Crippen LogP contribution in [0, 0.1) is 0 Å². The highest BCUT2D eigenvalue weighted by molar-refractivity contribution is 4.65. The lowest BCUT2D eigenvalue weighted by molar-refractivity contribution is 0.0828. The molecule has 1 rings (SSSR count). The Morgan fingerprint density at radius 1 is 1.30 bits per heavy atom. The maximum Gasteiger partial charge on any atom is 0.0565 e. The summed E-state index contributed by atoms with van der Waals surface area (Å²) >= 11 is 0. The molecule has 10 heavy (non-hydrogen) atoms. The van der Waals surface area contributed by atoms with Gasteiger partial charge in [-0.15, -0.1) is 0 Å². The van der Waals surface area contributed by atoms with Crippen LogP contribution in [0.4, 0.5) is 0 Å². The number of nitrogens with two attached hydrogens (primary N) is 1. The fourth-order valence-electron chi connectivity index (χ4n) is 0.886. The van der Waals surface area contributed by atoms with Crippen molar-refractivity contribution >= 4 is 0 Å². The van der Waals surface area contributed by atoms with E-state index in [-0.39, 0.29) is 6.10 Å². The minimum Gasteiger partial charge on any atom is -0.393 e. The van der Waals surface area contributed by atoms with Gasteiger partial charge in [-0.2, -0.15) is 0 Å². The number of piperidine rings is 1. The molecule has 3 heteroatoms. The zero-order valence-corrected chi connectivity index (χ0v) is 6.88. The van der Waals surface area contributed by atoms with Gasteiger partial charge < -0.3 is 5.11 Å². The average Bonchev–Trinajstić information content (AvgIpc) is 2.00. The molecule has 1 aliphatic rings. The van der Waals surface area contributed by atoms with Gasteiger partial charge in [-0.3, -0.25) is 5.84 Å². The minimum absolute atomic E-state index is 0.102. The van der Waals surface area contributed by atoms with Crippen molar-refractivity contribution in [3.63, 3.8) is 0 Å². The van der Waals surface area contributed by atoms with Crippen molar-refractivity contribution in [2.45, 2.75) is 32.8 Å². The summed E-state index contributed by atoms with van der Waals surface area (Å²) in [5.74, 6) is 5.42. The van der Waals surface area contributed by atoms with Crippen LogP contribution in [0.3, 0.4) is 0 Å². The first-order valence-corrected chi connectivity index (χ1v) is 3.97. The second-order valence-corrected chi connectivity index (χ2v) is 2.27. The molecule has 0 unspecified atom stereocenters. The Bertz CT molecular complexity index is 60.0. The van der Waals surface area contributed by atoms with Crippen molar-refractivity contribution in [2.24, 2.45) is 5.84 Å². The first-order chi connectivity index (χ1) is 4.79. The normalized spacial score (nSPS) is 21.6. The smallest absolute Gasteiger partial charge is 0.0565 e. The summed E-state index contributed by atoms with van der Waals surface area (Å²) < 4.78 is 0. The molecule has 1 saturated heterocycles. The number of hydrogen-bond acceptors (Lipinski definition) is 3. The van der Waals surface area contributed by atoms with Gasteiger partial charge in [-0.05, 0) is 12.8 Å². The van der Waals surface area contributed by atoms with Crippen LogP contribution >= 0.6 is 0 Å². The molecule has 0 bridgehead atoms. The summed E-state index contributed by atoms with van der Waals surface area (Å²) in [4.78, 5) is 0. The van der Waals surface area contributed by atoms with Crippen molar-refractivity contribution in [1.29, 1.82) is 0 Å². The molecule has 0 spiro atoms. The van der Waals surface area contributed by atoms with Gasteiger partial charge in [0.1, 0.15) is 0 Å². The predicted octanol–water partition coefficient (Wildman–Crippen LogP) is 0.343. The third-order valence-corrected chi connectivity index (χ3v) is 1.50. The number of nitrogens with zero attached hydrogens (tertiary/aromatic N) is 1. The van der Waals surface area contributed by atoms with Crippen molar-refractivity contribution in [3.05, 3.63) is 0 Å². The van der Waals surface area contributed by atoms with E-state index < -0.39 is 0 Å². The molecular weight excluding hydrogens is 128 g/mol. The summed E-state index contributed by atoms with van der Waals surface area (Å²) in [5.41, 5.74) is 0. The molecular formula is C7H18N2O. The summed E-state index contributed by atoms with van der Waals surface area (Å²) in [6, 6.07) is 0. The Labute approximate surface area is 62.8 Å². The number of aliphatic hydroxyl groups excluding tert-OH is 1. The maximum absolute atomic E-state index is 8.94. The minimum atomic E-state index is -0.102. The lowest BCUT2D eigenvalue weighted by atomic mass is 10.1. The predicted molar refractivity (Wildman–Crippen MR) is 42.3 cm³/mol. The summed E-state index contributed by atoms with van der Waals surface area (Å²) in [7, 11) is 0. The molecule has 0 amide bonds. The van der Waals surface area contributed by atoms with Gasteiger partial charge in [0.05, 0.1) is 6.10 Å². The third-order valence-electron chi connectivity index (χ3n) is 1.50. The van der Waals surface area contributed by atoms with Gasteiger partial charge in [0.2, 0.25) is 0 Å². The molecule has 0 atom stereocenters. The fraction of sp³-hybridized carbons (Fsp3) is 1.00. The SMILES string of the molecule is CC.NN1CCC(O)CC1. The Kier molecular flexibility index (Phi) is 5.58. The van der Waals surface area contributed by atoms with Crippen LogP contribution in [-0.4, -0.2) is 29.3 Å². The first kappa shape index (κ1) is 9.88. The molecule has 3 N–H and O–H groups in total. The standard InChI is InChI=1S/C5H12N2O.C2H6/c6-7-3-1-5(8)2-4-7;1-2/h5,8H,1-4,6H2;1-2H3. The lowest BCUT2D eigenvalue weighted by Crippen LogP contribution is -2.40. The number of hydrazine groups is 1. The molecule has 1 aliphatic heterocycles. The largest absolute Gasteiger partial charge is 0.393 e. The zero-order valence-electron chi connectivity index (χ0n) is 6.88. The molecule has 0 aromatic carbocycles. The van der Waals surface area contributed by atoms with E-state index in [2.05, 4.69) is 0 Å². The van der Waals surface area contributed by atoms with Crippen LogP contribution < -0.4 is 5.84 Å². The van der Waals surface area contributed by atoms with Gasteiger partial charge in [-0.1, -0.05) is 13.8 Å². The highest BCUT2D eigenvalue weighted by Crippen LogP contribution is 2.04. The van der Waals surface area contributed by atoms with Crippen molar-refractivity contribution in [2.75, 3.05) is 13.1 Å². The molecule has 0 aromatic rings. The molecule has 0 radical (unpaired) electrons. The van der Waals surface area contributed by atoms with Gasteiger partial charge in [0, 0.05) is 13.1 Å². The maximum atomic E-state index is 8.94. The average molecular weight is 146 g/mol. The van der Waals surface area contributed by atoms with Gasteiger partial charge in [0.25, 0.3) is 0 Å². The van der Waals surface area contributed by atoms with Crippen LogP contribution in [0.1, 0.15) is 26.7 Å². The number of aliphatic hydroxyl groups is 1. The molecule has 1 heterocycles. The fourth-order valence-corrected chi connectivity index (χ4v) is 0.886. The van der Waals surface area contributed by atoms with E-state index in [0.29, 0.717) is 0 Å². The van der Waals surface area contributed by atoms with E-state index in [1.165, 1.54) is 0 Å².